The molecule has 0 fully saturated rings. The molecule has 2 heterocycles. The lowest BCUT2D eigenvalue weighted by Crippen LogP contribution is -2.32. The number of nitrogens with zero attached hydrogens (tertiary/aromatic N) is 2. The van der Waals surface area contributed by atoms with Crippen LogP contribution in [0.4, 0.5) is 0 Å². The van der Waals surface area contributed by atoms with Gasteiger partial charge in [0.05, 0.1) is 12.6 Å². The number of aromatic nitrogens is 2. The molecule has 30 heavy (non-hydrogen) atoms. The van der Waals surface area contributed by atoms with Crippen molar-refractivity contribution in [1.82, 2.24) is 15.1 Å². The van der Waals surface area contributed by atoms with Crippen LogP contribution in [0.3, 0.4) is 0 Å². The van der Waals surface area contributed by atoms with E-state index in [4.69, 9.17) is 4.74 Å². The predicted octanol–water partition coefficient (Wildman–Crippen LogP) is 3.19. The van der Waals surface area contributed by atoms with Gasteiger partial charge in [0, 0.05) is 17.7 Å². The zero-order valence-electron chi connectivity index (χ0n) is 16.6. The Kier molecular flexibility index (Phi) is 5.29. The fraction of sp³-hybridized carbons (Fsp3) is 0.217. The molecule has 1 aliphatic heterocycles. The Morgan fingerprint density at radius 1 is 1.30 bits per heavy atom. The Bertz CT molecular complexity index is 1110. The smallest absolute Gasteiger partial charge is 0.273 e. The van der Waals surface area contributed by atoms with Crippen molar-refractivity contribution in [3.8, 4) is 22.8 Å². The van der Waals surface area contributed by atoms with E-state index >= 15 is 0 Å². The summed E-state index contributed by atoms with van der Waals surface area (Å²) in [4.78, 5) is 14.7. The lowest BCUT2D eigenvalue weighted by atomic mass is 9.95. The van der Waals surface area contributed by atoms with E-state index in [0.29, 0.717) is 34.9 Å². The molecule has 1 amide bonds. The van der Waals surface area contributed by atoms with Crippen molar-refractivity contribution in [3.05, 3.63) is 77.5 Å². The Labute approximate surface area is 174 Å². The number of H-pyrrole nitrogens is 1. The lowest BCUT2D eigenvalue weighted by molar-refractivity contribution is 0.0706. The van der Waals surface area contributed by atoms with Gasteiger partial charge in [-0.3, -0.25) is 9.89 Å². The summed E-state index contributed by atoms with van der Waals surface area (Å²) in [7, 11) is 0. The highest BCUT2D eigenvalue weighted by Gasteiger charge is 2.42. The second-order valence-electron chi connectivity index (χ2n) is 7.18. The maximum atomic E-state index is 13.1. The zero-order chi connectivity index (χ0) is 21.3. The van der Waals surface area contributed by atoms with Crippen LogP contribution in [0, 0.1) is 6.92 Å². The molecule has 0 radical (unpaired) electrons. The van der Waals surface area contributed by atoms with Gasteiger partial charge in [-0.25, -0.2) is 0 Å². The minimum Gasteiger partial charge on any atom is -0.507 e. The number of aliphatic hydroxyl groups is 1. The number of β-amino-alcohol motifs (C(OH)–C–C–N with tert-alkyl or cyclic N) is 1. The van der Waals surface area contributed by atoms with Gasteiger partial charge < -0.3 is 19.8 Å². The van der Waals surface area contributed by atoms with Crippen molar-refractivity contribution in [2.24, 2.45) is 0 Å². The number of hydrogen-bond donors (Lipinski definition) is 3. The molecule has 3 N–H and O–H groups in total. The average Bonchev–Trinajstić information content (AvgIpc) is 3.28. The molecule has 0 saturated heterocycles. The van der Waals surface area contributed by atoms with Gasteiger partial charge in [0.15, 0.2) is 0 Å². The molecule has 1 aromatic heterocycles. The Balaban J connectivity index is 1.87. The van der Waals surface area contributed by atoms with Gasteiger partial charge in [-0.05, 0) is 36.8 Å². The van der Waals surface area contributed by atoms with Crippen LogP contribution >= 0.6 is 0 Å². The monoisotopic (exact) mass is 405 g/mol. The SMILES string of the molecule is C=CCOc1cccc(C2c3c(-c4cc(C)ccc4O)n[nH]c3C(=O)N2CCO)c1. The van der Waals surface area contributed by atoms with Crippen LogP contribution in [0.15, 0.2) is 55.1 Å². The molecule has 1 unspecified atom stereocenters. The number of aromatic hydroxyl groups is 1. The molecule has 4 rings (SSSR count). The largest absolute Gasteiger partial charge is 0.507 e. The normalized spacial score (nSPS) is 15.3. The van der Waals surface area contributed by atoms with Crippen LogP contribution in [0.25, 0.3) is 11.3 Å². The molecule has 0 spiro atoms. The first-order valence-electron chi connectivity index (χ1n) is 9.69. The Morgan fingerprint density at radius 2 is 2.13 bits per heavy atom. The maximum absolute atomic E-state index is 13.1. The summed E-state index contributed by atoms with van der Waals surface area (Å²) >= 11 is 0. The third-order valence-corrected chi connectivity index (χ3v) is 5.15. The molecular formula is C23H23N3O4. The molecule has 3 aromatic rings. The van der Waals surface area contributed by atoms with Crippen LogP contribution in [-0.2, 0) is 0 Å². The van der Waals surface area contributed by atoms with Crippen LogP contribution in [0.5, 0.6) is 11.5 Å². The number of amides is 1. The van der Waals surface area contributed by atoms with Crippen molar-refractivity contribution in [2.45, 2.75) is 13.0 Å². The van der Waals surface area contributed by atoms with E-state index in [1.807, 2.05) is 43.3 Å². The number of hydrogen-bond acceptors (Lipinski definition) is 5. The topological polar surface area (TPSA) is 98.7 Å². The maximum Gasteiger partial charge on any atom is 0.273 e. The molecule has 1 aliphatic rings. The number of ether oxygens (including phenoxy) is 1. The van der Waals surface area contributed by atoms with Crippen LogP contribution in [-0.4, -0.2) is 51.0 Å². The number of carbonyl (C=O) groups excluding carboxylic acids is 1. The summed E-state index contributed by atoms with van der Waals surface area (Å²) in [5, 5.41) is 27.2. The van der Waals surface area contributed by atoms with Gasteiger partial charge >= 0.3 is 0 Å². The van der Waals surface area contributed by atoms with E-state index in [1.54, 1.807) is 17.0 Å². The van der Waals surface area contributed by atoms with E-state index in [1.165, 1.54) is 0 Å². The second kappa shape index (κ2) is 8.04. The number of fused-ring (bicyclic) bond motifs is 1. The summed E-state index contributed by atoms with van der Waals surface area (Å²) in [6.07, 6.45) is 1.66. The van der Waals surface area contributed by atoms with Crippen molar-refractivity contribution in [2.75, 3.05) is 19.8 Å². The first kappa shape index (κ1) is 19.7. The Morgan fingerprint density at radius 3 is 2.90 bits per heavy atom. The van der Waals surface area contributed by atoms with Gasteiger partial charge in [0.1, 0.15) is 29.5 Å². The summed E-state index contributed by atoms with van der Waals surface area (Å²) in [6, 6.07) is 12.3. The molecule has 7 nitrogen and oxygen atoms in total. The van der Waals surface area contributed by atoms with Crippen LogP contribution in [0.1, 0.15) is 33.2 Å². The fourth-order valence-electron chi connectivity index (χ4n) is 3.86. The van der Waals surface area contributed by atoms with Crippen LogP contribution in [0.2, 0.25) is 0 Å². The molecule has 154 valence electrons. The third-order valence-electron chi connectivity index (χ3n) is 5.15. The molecule has 0 saturated carbocycles. The number of nitrogens with one attached hydrogen (secondary N) is 1. The summed E-state index contributed by atoms with van der Waals surface area (Å²) in [6.45, 7) is 5.96. The quantitative estimate of drug-likeness (QED) is 0.525. The minimum absolute atomic E-state index is 0.0878. The van der Waals surface area contributed by atoms with Gasteiger partial charge in [-0.2, -0.15) is 5.10 Å². The molecule has 1 atom stereocenters. The van der Waals surface area contributed by atoms with Crippen molar-refractivity contribution < 1.29 is 19.7 Å². The number of phenols is 1. The number of rotatable bonds is 7. The zero-order valence-corrected chi connectivity index (χ0v) is 16.6. The minimum atomic E-state index is -0.472. The highest BCUT2D eigenvalue weighted by molar-refractivity contribution is 6.00. The third kappa shape index (κ3) is 3.33. The van der Waals surface area contributed by atoms with E-state index in [9.17, 15) is 15.0 Å². The van der Waals surface area contributed by atoms with E-state index in [-0.39, 0.29) is 24.8 Å². The van der Waals surface area contributed by atoms with Crippen molar-refractivity contribution >= 4 is 5.91 Å². The molecular weight excluding hydrogens is 382 g/mol. The average molecular weight is 405 g/mol. The number of aliphatic hydroxyl groups excluding tert-OH is 1. The van der Waals surface area contributed by atoms with Gasteiger partial charge in [0.25, 0.3) is 5.91 Å². The fourth-order valence-corrected chi connectivity index (χ4v) is 3.86. The number of aryl methyl sites for hydroxylation is 1. The summed E-state index contributed by atoms with van der Waals surface area (Å²) in [5.74, 6) is 0.498. The first-order chi connectivity index (χ1) is 14.5. The number of carbonyl (C=O) groups is 1. The van der Waals surface area contributed by atoms with E-state index < -0.39 is 6.04 Å². The molecule has 0 bridgehead atoms. The van der Waals surface area contributed by atoms with Crippen LogP contribution < -0.4 is 4.74 Å². The highest BCUT2D eigenvalue weighted by Crippen LogP contribution is 2.44. The Hall–Kier alpha value is -3.58. The van der Waals surface area contributed by atoms with Crippen molar-refractivity contribution in [3.63, 3.8) is 0 Å². The predicted molar refractivity (Wildman–Crippen MR) is 113 cm³/mol. The molecule has 0 aliphatic carbocycles. The summed E-state index contributed by atoms with van der Waals surface area (Å²) < 4.78 is 5.66. The van der Waals surface area contributed by atoms with E-state index in [2.05, 4.69) is 16.8 Å². The number of phenolic OH excluding ortho intramolecular Hbond substituents is 1. The summed E-state index contributed by atoms with van der Waals surface area (Å²) in [5.41, 5.74) is 3.90. The van der Waals surface area contributed by atoms with Crippen molar-refractivity contribution in [1.29, 1.82) is 0 Å². The van der Waals surface area contributed by atoms with Gasteiger partial charge in [-0.1, -0.05) is 36.4 Å². The lowest BCUT2D eigenvalue weighted by Gasteiger charge is -2.26. The van der Waals surface area contributed by atoms with Gasteiger partial charge in [-0.15, -0.1) is 0 Å². The number of benzene rings is 2. The standard InChI is InChI=1S/C23H23N3O4/c1-3-11-30-16-6-4-5-15(13-16)22-19-20(17-12-14(2)7-8-18(17)28)24-25-21(19)23(29)26(22)9-10-27/h3-8,12-13,22,27-28H,1,9-11H2,2H3,(H,24,25). The van der Waals surface area contributed by atoms with E-state index in [0.717, 1.165) is 11.1 Å². The first-order valence-corrected chi connectivity index (χ1v) is 9.69. The second-order valence-corrected chi connectivity index (χ2v) is 7.18. The highest BCUT2D eigenvalue weighted by atomic mass is 16.5. The molecule has 7 heteroatoms. The molecule has 2 aromatic carbocycles. The van der Waals surface area contributed by atoms with Gasteiger partial charge in [0.2, 0.25) is 0 Å². The number of aromatic amines is 1.